The third-order valence-electron chi connectivity index (χ3n) is 4.44. The first kappa shape index (κ1) is 18.1. The fraction of sp³-hybridized carbons (Fsp3) is 0.421. The number of halogens is 1. The maximum Gasteiger partial charge on any atom is 0.227 e. The molecule has 6 nitrogen and oxygen atoms in total. The number of carbonyl (C=O) groups excluding carboxylic acids is 1. The number of nitrogens with zero attached hydrogens (tertiary/aromatic N) is 4. The minimum atomic E-state index is -0.327. The molecule has 2 heterocycles. The van der Waals surface area contributed by atoms with E-state index in [-0.39, 0.29) is 18.1 Å². The third kappa shape index (κ3) is 4.28. The number of piperazine rings is 1. The molecule has 26 heavy (non-hydrogen) atoms. The first-order chi connectivity index (χ1) is 12.6. The molecule has 0 atom stereocenters. The SMILES string of the molecule is CCNc1cc(N2CCN(C(=O)Cc3ccccc3F)CC2)nc(C)n1. The molecule has 138 valence electrons. The standard InChI is InChI=1S/C19H24FN5O/c1-3-21-17-13-18(23-14(2)22-17)24-8-10-25(11-9-24)19(26)12-15-6-4-5-7-16(15)20/h4-7,13H,3,8-12H2,1-2H3,(H,21,22,23). The Balaban J connectivity index is 1.60. The summed E-state index contributed by atoms with van der Waals surface area (Å²) in [7, 11) is 0. The summed E-state index contributed by atoms with van der Waals surface area (Å²) in [5, 5.41) is 3.21. The van der Waals surface area contributed by atoms with E-state index >= 15 is 0 Å². The highest BCUT2D eigenvalue weighted by atomic mass is 19.1. The molecule has 0 unspecified atom stereocenters. The lowest BCUT2D eigenvalue weighted by molar-refractivity contribution is -0.130. The summed E-state index contributed by atoms with van der Waals surface area (Å²) in [6, 6.07) is 8.37. The van der Waals surface area contributed by atoms with Gasteiger partial charge in [-0.3, -0.25) is 4.79 Å². The van der Waals surface area contributed by atoms with Gasteiger partial charge >= 0.3 is 0 Å². The van der Waals surface area contributed by atoms with Crippen LogP contribution in [0.1, 0.15) is 18.3 Å². The van der Waals surface area contributed by atoms with Crippen molar-refractivity contribution in [1.29, 1.82) is 0 Å². The quantitative estimate of drug-likeness (QED) is 0.889. The molecule has 1 aromatic heterocycles. The second-order valence-electron chi connectivity index (χ2n) is 6.32. The molecule has 0 saturated carbocycles. The van der Waals surface area contributed by atoms with E-state index in [1.165, 1.54) is 6.07 Å². The molecule has 1 aliphatic heterocycles. The summed E-state index contributed by atoms with van der Waals surface area (Å²) in [5.41, 5.74) is 0.446. The highest BCUT2D eigenvalue weighted by Gasteiger charge is 2.23. The number of aromatic nitrogens is 2. The lowest BCUT2D eigenvalue weighted by atomic mass is 10.1. The Kier molecular flexibility index (Phi) is 5.65. The van der Waals surface area contributed by atoms with Crippen LogP contribution in [0.3, 0.4) is 0 Å². The molecular weight excluding hydrogens is 333 g/mol. The normalized spacial score (nSPS) is 14.4. The van der Waals surface area contributed by atoms with Gasteiger partial charge in [-0.15, -0.1) is 0 Å². The summed E-state index contributed by atoms with van der Waals surface area (Å²) >= 11 is 0. The number of hydrogen-bond acceptors (Lipinski definition) is 5. The van der Waals surface area contributed by atoms with Crippen molar-refractivity contribution in [3.8, 4) is 0 Å². The predicted octanol–water partition coefficient (Wildman–Crippen LogP) is 2.25. The van der Waals surface area contributed by atoms with Crippen molar-refractivity contribution >= 4 is 17.5 Å². The zero-order chi connectivity index (χ0) is 18.5. The van der Waals surface area contributed by atoms with E-state index in [4.69, 9.17) is 0 Å². The highest BCUT2D eigenvalue weighted by Crippen LogP contribution is 2.18. The van der Waals surface area contributed by atoms with Crippen LogP contribution in [0.4, 0.5) is 16.0 Å². The summed E-state index contributed by atoms with van der Waals surface area (Å²) in [5.74, 6) is 2.04. The second kappa shape index (κ2) is 8.12. The fourth-order valence-corrected chi connectivity index (χ4v) is 3.09. The molecule has 0 aliphatic carbocycles. The number of aryl methyl sites for hydroxylation is 1. The van der Waals surface area contributed by atoms with E-state index in [9.17, 15) is 9.18 Å². The van der Waals surface area contributed by atoms with Crippen molar-refractivity contribution in [3.63, 3.8) is 0 Å². The van der Waals surface area contributed by atoms with Crippen molar-refractivity contribution in [3.05, 3.63) is 47.5 Å². The van der Waals surface area contributed by atoms with Gasteiger partial charge in [-0.2, -0.15) is 0 Å². The van der Waals surface area contributed by atoms with Crippen LogP contribution in [0.2, 0.25) is 0 Å². The van der Waals surface area contributed by atoms with E-state index in [1.807, 2.05) is 19.9 Å². The number of rotatable bonds is 5. The summed E-state index contributed by atoms with van der Waals surface area (Å²) in [6.07, 6.45) is 0.101. The van der Waals surface area contributed by atoms with Crippen LogP contribution in [0, 0.1) is 12.7 Å². The Morgan fingerprint density at radius 2 is 1.92 bits per heavy atom. The predicted molar refractivity (Wildman–Crippen MR) is 99.8 cm³/mol. The zero-order valence-corrected chi connectivity index (χ0v) is 15.2. The lowest BCUT2D eigenvalue weighted by Crippen LogP contribution is -2.49. The summed E-state index contributed by atoms with van der Waals surface area (Å²) < 4.78 is 13.7. The Hall–Kier alpha value is -2.70. The summed E-state index contributed by atoms with van der Waals surface area (Å²) in [4.78, 5) is 25.3. The molecule has 2 aromatic rings. The van der Waals surface area contributed by atoms with Gasteiger partial charge in [0.2, 0.25) is 5.91 Å². The molecule has 1 amide bonds. The Morgan fingerprint density at radius 1 is 1.19 bits per heavy atom. The van der Waals surface area contributed by atoms with Gasteiger partial charge in [0.1, 0.15) is 23.3 Å². The largest absolute Gasteiger partial charge is 0.370 e. The van der Waals surface area contributed by atoms with Gasteiger partial charge in [0, 0.05) is 38.8 Å². The number of nitrogens with one attached hydrogen (secondary N) is 1. The van der Waals surface area contributed by atoms with E-state index in [0.717, 1.165) is 24.0 Å². The smallest absolute Gasteiger partial charge is 0.227 e. The van der Waals surface area contributed by atoms with Gasteiger partial charge in [0.15, 0.2) is 0 Å². The maximum atomic E-state index is 13.7. The molecule has 1 aliphatic rings. The Morgan fingerprint density at radius 3 is 2.62 bits per heavy atom. The zero-order valence-electron chi connectivity index (χ0n) is 15.2. The number of benzene rings is 1. The van der Waals surface area contributed by atoms with Crippen molar-refractivity contribution in [2.24, 2.45) is 0 Å². The van der Waals surface area contributed by atoms with Crippen molar-refractivity contribution in [2.45, 2.75) is 20.3 Å². The molecule has 1 aromatic carbocycles. The first-order valence-corrected chi connectivity index (χ1v) is 8.92. The Bertz CT molecular complexity index is 774. The van der Waals surface area contributed by atoms with Gasteiger partial charge in [-0.1, -0.05) is 18.2 Å². The first-order valence-electron chi connectivity index (χ1n) is 8.92. The number of anilines is 2. The van der Waals surface area contributed by atoms with E-state index in [1.54, 1.807) is 23.1 Å². The molecular formula is C19H24FN5O. The van der Waals surface area contributed by atoms with Crippen LogP contribution in [-0.4, -0.2) is 53.5 Å². The van der Waals surface area contributed by atoms with Gasteiger partial charge in [0.25, 0.3) is 0 Å². The van der Waals surface area contributed by atoms with Gasteiger partial charge in [-0.25, -0.2) is 14.4 Å². The molecule has 0 radical (unpaired) electrons. The van der Waals surface area contributed by atoms with E-state index < -0.39 is 0 Å². The minimum absolute atomic E-state index is 0.0399. The topological polar surface area (TPSA) is 61.4 Å². The molecule has 1 saturated heterocycles. The highest BCUT2D eigenvalue weighted by molar-refractivity contribution is 5.79. The van der Waals surface area contributed by atoms with Crippen LogP contribution in [0.25, 0.3) is 0 Å². The average Bonchev–Trinajstić information content (AvgIpc) is 2.63. The molecule has 0 bridgehead atoms. The number of hydrogen-bond donors (Lipinski definition) is 1. The van der Waals surface area contributed by atoms with Crippen LogP contribution < -0.4 is 10.2 Å². The average molecular weight is 357 g/mol. The molecule has 1 N–H and O–H groups in total. The molecule has 0 spiro atoms. The summed E-state index contributed by atoms with van der Waals surface area (Å²) in [6.45, 7) is 7.31. The fourth-order valence-electron chi connectivity index (χ4n) is 3.09. The minimum Gasteiger partial charge on any atom is -0.370 e. The van der Waals surface area contributed by atoms with Crippen LogP contribution in [-0.2, 0) is 11.2 Å². The molecule has 3 rings (SSSR count). The van der Waals surface area contributed by atoms with E-state index in [0.29, 0.717) is 31.7 Å². The van der Waals surface area contributed by atoms with Crippen molar-refractivity contribution in [2.75, 3.05) is 42.9 Å². The maximum absolute atomic E-state index is 13.7. The van der Waals surface area contributed by atoms with Crippen molar-refractivity contribution in [1.82, 2.24) is 14.9 Å². The van der Waals surface area contributed by atoms with Crippen LogP contribution in [0.15, 0.2) is 30.3 Å². The van der Waals surface area contributed by atoms with Crippen LogP contribution >= 0.6 is 0 Å². The number of carbonyl (C=O) groups is 1. The van der Waals surface area contributed by atoms with Crippen molar-refractivity contribution < 1.29 is 9.18 Å². The second-order valence-corrected chi connectivity index (χ2v) is 6.32. The molecule has 7 heteroatoms. The van der Waals surface area contributed by atoms with Gasteiger partial charge in [0.05, 0.1) is 6.42 Å². The Labute approximate surface area is 153 Å². The lowest BCUT2D eigenvalue weighted by Gasteiger charge is -2.35. The molecule has 1 fully saturated rings. The third-order valence-corrected chi connectivity index (χ3v) is 4.44. The number of amides is 1. The monoisotopic (exact) mass is 357 g/mol. The van der Waals surface area contributed by atoms with Gasteiger partial charge in [-0.05, 0) is 25.5 Å². The van der Waals surface area contributed by atoms with Crippen LogP contribution in [0.5, 0.6) is 0 Å². The van der Waals surface area contributed by atoms with Gasteiger partial charge < -0.3 is 15.1 Å². The van der Waals surface area contributed by atoms with E-state index in [2.05, 4.69) is 20.2 Å².